The van der Waals surface area contributed by atoms with Crippen molar-refractivity contribution in [2.45, 2.75) is 13.5 Å². The number of fused-ring (bicyclic) bond motifs is 1. The molecule has 3 aromatic rings. The summed E-state index contributed by atoms with van der Waals surface area (Å²) in [4.78, 5) is 12.3. The lowest BCUT2D eigenvalue weighted by Gasteiger charge is -2.07. The first-order valence-electron chi connectivity index (χ1n) is 7.73. The molecule has 0 aliphatic carbocycles. The van der Waals surface area contributed by atoms with Crippen LogP contribution in [0.15, 0.2) is 42.5 Å². The van der Waals surface area contributed by atoms with Crippen LogP contribution < -0.4 is 14.8 Å². The average Bonchev–Trinajstić information content (AvgIpc) is 3.28. The van der Waals surface area contributed by atoms with Crippen molar-refractivity contribution in [1.82, 2.24) is 25.5 Å². The van der Waals surface area contributed by atoms with Gasteiger partial charge < -0.3 is 14.8 Å². The molecule has 4 rings (SSSR count). The highest BCUT2D eigenvalue weighted by Gasteiger charge is 2.17. The standard InChI is InChI=1S/C17H15N5O3/c1-11-2-5-13(6-3-11)22-16(19-20-21-22)9-18-17(23)12-4-7-14-15(8-12)25-10-24-14/h2-8H,9-10H2,1H3,(H,18,23). The molecule has 0 bridgehead atoms. The quantitative estimate of drug-likeness (QED) is 0.778. The van der Waals surface area contributed by atoms with Crippen molar-refractivity contribution in [3.05, 3.63) is 59.4 Å². The zero-order chi connectivity index (χ0) is 17.2. The molecule has 0 saturated carbocycles. The van der Waals surface area contributed by atoms with Gasteiger partial charge in [-0.05, 0) is 47.7 Å². The molecule has 1 N–H and O–H groups in total. The maximum absolute atomic E-state index is 12.3. The molecular formula is C17H15N5O3. The van der Waals surface area contributed by atoms with E-state index in [2.05, 4.69) is 20.8 Å². The lowest BCUT2D eigenvalue weighted by atomic mass is 10.2. The number of benzene rings is 2. The summed E-state index contributed by atoms with van der Waals surface area (Å²) in [6.45, 7) is 2.38. The highest BCUT2D eigenvalue weighted by Crippen LogP contribution is 2.32. The minimum atomic E-state index is -0.239. The minimum Gasteiger partial charge on any atom is -0.454 e. The number of aromatic nitrogens is 4. The summed E-state index contributed by atoms with van der Waals surface area (Å²) in [5, 5.41) is 14.5. The van der Waals surface area contributed by atoms with E-state index in [1.54, 1.807) is 22.9 Å². The summed E-state index contributed by atoms with van der Waals surface area (Å²) < 4.78 is 12.1. The Balaban J connectivity index is 1.48. The molecule has 0 unspecified atom stereocenters. The average molecular weight is 337 g/mol. The number of nitrogens with one attached hydrogen (secondary N) is 1. The number of carbonyl (C=O) groups excluding carboxylic acids is 1. The number of carbonyl (C=O) groups is 1. The van der Waals surface area contributed by atoms with Gasteiger partial charge in [0.2, 0.25) is 6.79 Å². The number of ether oxygens (including phenoxy) is 2. The first-order chi connectivity index (χ1) is 12.2. The van der Waals surface area contributed by atoms with E-state index in [-0.39, 0.29) is 19.2 Å². The molecule has 0 spiro atoms. The van der Waals surface area contributed by atoms with Crippen LogP contribution in [0.3, 0.4) is 0 Å². The maximum atomic E-state index is 12.3. The first-order valence-corrected chi connectivity index (χ1v) is 7.73. The van der Waals surface area contributed by atoms with Crippen molar-refractivity contribution in [1.29, 1.82) is 0 Å². The Morgan fingerprint density at radius 2 is 1.96 bits per heavy atom. The molecule has 25 heavy (non-hydrogen) atoms. The monoisotopic (exact) mass is 337 g/mol. The third kappa shape index (κ3) is 3.01. The lowest BCUT2D eigenvalue weighted by molar-refractivity contribution is 0.0949. The number of hydrogen-bond donors (Lipinski definition) is 1. The van der Waals surface area contributed by atoms with Gasteiger partial charge in [0, 0.05) is 5.56 Å². The number of rotatable bonds is 4. The molecule has 0 radical (unpaired) electrons. The van der Waals surface area contributed by atoms with Gasteiger partial charge >= 0.3 is 0 Å². The molecule has 2 heterocycles. The predicted octanol–water partition coefficient (Wildman–Crippen LogP) is 1.63. The van der Waals surface area contributed by atoms with Crippen LogP contribution in [0.25, 0.3) is 5.69 Å². The van der Waals surface area contributed by atoms with E-state index in [0.717, 1.165) is 11.3 Å². The summed E-state index contributed by atoms with van der Waals surface area (Å²) in [6.07, 6.45) is 0. The zero-order valence-corrected chi connectivity index (χ0v) is 13.5. The van der Waals surface area contributed by atoms with Crippen LogP contribution in [0, 0.1) is 6.92 Å². The molecule has 8 nitrogen and oxygen atoms in total. The van der Waals surface area contributed by atoms with Gasteiger partial charge in [-0.25, -0.2) is 0 Å². The molecule has 0 saturated heterocycles. The number of aryl methyl sites for hydroxylation is 1. The summed E-state index contributed by atoms with van der Waals surface area (Å²) in [5.41, 5.74) is 2.47. The molecule has 1 amide bonds. The van der Waals surface area contributed by atoms with Gasteiger partial charge in [0.05, 0.1) is 12.2 Å². The normalized spacial score (nSPS) is 12.2. The number of hydrogen-bond acceptors (Lipinski definition) is 6. The van der Waals surface area contributed by atoms with Crippen molar-refractivity contribution < 1.29 is 14.3 Å². The summed E-state index contributed by atoms with van der Waals surface area (Å²) in [6, 6.07) is 12.9. The van der Waals surface area contributed by atoms with Crippen LogP contribution in [-0.2, 0) is 6.54 Å². The van der Waals surface area contributed by atoms with E-state index in [1.807, 2.05) is 31.2 Å². The van der Waals surface area contributed by atoms with Gasteiger partial charge in [-0.1, -0.05) is 17.7 Å². The summed E-state index contributed by atoms with van der Waals surface area (Å²) in [5.74, 6) is 1.51. The molecule has 126 valence electrons. The van der Waals surface area contributed by atoms with Crippen molar-refractivity contribution in [3.8, 4) is 17.2 Å². The molecule has 2 aromatic carbocycles. The molecule has 1 aliphatic heterocycles. The van der Waals surface area contributed by atoms with E-state index in [4.69, 9.17) is 9.47 Å². The van der Waals surface area contributed by atoms with Gasteiger partial charge in [0.25, 0.3) is 5.91 Å². The Hall–Kier alpha value is -3.42. The maximum Gasteiger partial charge on any atom is 0.251 e. The smallest absolute Gasteiger partial charge is 0.251 e. The second-order valence-corrected chi connectivity index (χ2v) is 5.59. The Morgan fingerprint density at radius 3 is 2.80 bits per heavy atom. The van der Waals surface area contributed by atoms with E-state index < -0.39 is 0 Å². The Kier molecular flexibility index (Phi) is 3.77. The van der Waals surface area contributed by atoms with Crippen LogP contribution in [0.1, 0.15) is 21.7 Å². The number of amides is 1. The Morgan fingerprint density at radius 1 is 1.16 bits per heavy atom. The largest absolute Gasteiger partial charge is 0.454 e. The van der Waals surface area contributed by atoms with E-state index in [0.29, 0.717) is 22.9 Å². The second kappa shape index (κ2) is 6.23. The molecule has 1 aliphatic rings. The third-order valence-electron chi connectivity index (χ3n) is 3.85. The summed E-state index contributed by atoms with van der Waals surface area (Å²) >= 11 is 0. The highest BCUT2D eigenvalue weighted by molar-refractivity contribution is 5.94. The highest BCUT2D eigenvalue weighted by atomic mass is 16.7. The zero-order valence-electron chi connectivity index (χ0n) is 13.5. The van der Waals surface area contributed by atoms with Crippen LogP contribution in [0.5, 0.6) is 11.5 Å². The molecule has 0 fully saturated rings. The van der Waals surface area contributed by atoms with Crippen molar-refractivity contribution >= 4 is 5.91 Å². The van der Waals surface area contributed by atoms with Crippen LogP contribution >= 0.6 is 0 Å². The molecule has 1 aromatic heterocycles. The van der Waals surface area contributed by atoms with E-state index >= 15 is 0 Å². The first kappa shape index (κ1) is 15.1. The molecule has 8 heteroatoms. The van der Waals surface area contributed by atoms with Crippen LogP contribution in [0.2, 0.25) is 0 Å². The van der Waals surface area contributed by atoms with Crippen molar-refractivity contribution in [2.24, 2.45) is 0 Å². The van der Waals surface area contributed by atoms with Crippen LogP contribution in [0.4, 0.5) is 0 Å². The number of nitrogens with zero attached hydrogens (tertiary/aromatic N) is 4. The molecule has 0 atom stereocenters. The van der Waals surface area contributed by atoms with Gasteiger partial charge in [-0.3, -0.25) is 4.79 Å². The Labute approximate surface area is 143 Å². The summed E-state index contributed by atoms with van der Waals surface area (Å²) in [7, 11) is 0. The lowest BCUT2D eigenvalue weighted by Crippen LogP contribution is -2.24. The SMILES string of the molecule is Cc1ccc(-n2nnnc2CNC(=O)c2ccc3c(c2)OCO3)cc1. The van der Waals surface area contributed by atoms with Gasteiger partial charge in [0.1, 0.15) is 0 Å². The minimum absolute atomic E-state index is 0.172. The van der Waals surface area contributed by atoms with Crippen molar-refractivity contribution in [3.63, 3.8) is 0 Å². The van der Waals surface area contributed by atoms with Gasteiger partial charge in [-0.15, -0.1) is 5.10 Å². The number of tetrazole rings is 1. The second-order valence-electron chi connectivity index (χ2n) is 5.59. The molecular weight excluding hydrogens is 322 g/mol. The fourth-order valence-electron chi connectivity index (χ4n) is 2.50. The van der Waals surface area contributed by atoms with Gasteiger partial charge in [-0.2, -0.15) is 4.68 Å². The van der Waals surface area contributed by atoms with Gasteiger partial charge in [0.15, 0.2) is 17.3 Å². The Bertz CT molecular complexity index is 920. The van der Waals surface area contributed by atoms with Crippen LogP contribution in [-0.4, -0.2) is 32.9 Å². The topological polar surface area (TPSA) is 91.2 Å². The van der Waals surface area contributed by atoms with E-state index in [9.17, 15) is 4.79 Å². The predicted molar refractivity (Wildman–Crippen MR) is 87.6 cm³/mol. The van der Waals surface area contributed by atoms with E-state index in [1.165, 1.54) is 0 Å². The fraction of sp³-hybridized carbons (Fsp3) is 0.176. The van der Waals surface area contributed by atoms with Crippen molar-refractivity contribution in [2.75, 3.05) is 6.79 Å². The third-order valence-corrected chi connectivity index (χ3v) is 3.85. The fourth-order valence-corrected chi connectivity index (χ4v) is 2.50.